The molecule has 0 N–H and O–H groups in total. The Morgan fingerprint density at radius 1 is 1.19 bits per heavy atom. The SMILES string of the molecule is [B]C1=Cc2c(nc(OC)c(Cc3ccccc3)c2C)CC1. The van der Waals surface area contributed by atoms with Crippen LogP contribution in [0.4, 0.5) is 0 Å². The summed E-state index contributed by atoms with van der Waals surface area (Å²) in [6, 6.07) is 10.4. The van der Waals surface area contributed by atoms with Crippen LogP contribution in [0.2, 0.25) is 0 Å². The highest BCUT2D eigenvalue weighted by molar-refractivity contribution is 6.24. The molecule has 104 valence electrons. The van der Waals surface area contributed by atoms with E-state index in [4.69, 9.17) is 17.6 Å². The van der Waals surface area contributed by atoms with Gasteiger partial charge in [-0.15, -0.1) is 5.47 Å². The Morgan fingerprint density at radius 3 is 2.67 bits per heavy atom. The first kappa shape index (κ1) is 13.9. The van der Waals surface area contributed by atoms with E-state index in [1.165, 1.54) is 16.7 Å². The normalized spacial score (nSPS) is 13.5. The lowest BCUT2D eigenvalue weighted by Crippen LogP contribution is -2.09. The summed E-state index contributed by atoms with van der Waals surface area (Å²) in [6.45, 7) is 2.14. The predicted octanol–water partition coefficient (Wildman–Crippen LogP) is 3.45. The number of aryl methyl sites for hydroxylation is 1. The van der Waals surface area contributed by atoms with E-state index in [-0.39, 0.29) is 0 Å². The third kappa shape index (κ3) is 2.73. The third-order valence-electron chi connectivity index (χ3n) is 4.06. The smallest absolute Gasteiger partial charge is 0.217 e. The molecule has 0 saturated heterocycles. The van der Waals surface area contributed by atoms with Gasteiger partial charge in [0.2, 0.25) is 5.88 Å². The number of hydrogen-bond donors (Lipinski definition) is 0. The molecule has 1 aliphatic rings. The van der Waals surface area contributed by atoms with E-state index in [1.54, 1.807) is 7.11 Å². The molecular formula is C18H18BNO. The van der Waals surface area contributed by atoms with Crippen molar-refractivity contribution in [3.8, 4) is 5.88 Å². The second kappa shape index (κ2) is 5.76. The van der Waals surface area contributed by atoms with Crippen LogP contribution in [0.1, 0.15) is 34.4 Å². The molecule has 0 amide bonds. The van der Waals surface area contributed by atoms with Gasteiger partial charge < -0.3 is 4.74 Å². The van der Waals surface area contributed by atoms with Crippen molar-refractivity contribution in [1.82, 2.24) is 4.98 Å². The summed E-state index contributed by atoms with van der Waals surface area (Å²) in [4.78, 5) is 4.70. The molecule has 0 aliphatic heterocycles. The maximum absolute atomic E-state index is 5.99. The molecular weight excluding hydrogens is 257 g/mol. The molecule has 0 fully saturated rings. The van der Waals surface area contributed by atoms with Crippen LogP contribution in [0.25, 0.3) is 6.08 Å². The number of fused-ring (bicyclic) bond motifs is 1. The quantitative estimate of drug-likeness (QED) is 0.800. The Bertz CT molecular complexity index is 692. The first-order valence-corrected chi connectivity index (χ1v) is 7.25. The van der Waals surface area contributed by atoms with Gasteiger partial charge in [0.15, 0.2) is 0 Å². The van der Waals surface area contributed by atoms with E-state index in [1.807, 2.05) is 6.07 Å². The lowest BCUT2D eigenvalue weighted by atomic mass is 9.82. The van der Waals surface area contributed by atoms with E-state index < -0.39 is 0 Å². The zero-order valence-corrected chi connectivity index (χ0v) is 12.5. The van der Waals surface area contributed by atoms with E-state index in [0.29, 0.717) is 0 Å². The molecule has 0 spiro atoms. The van der Waals surface area contributed by atoms with Gasteiger partial charge in [-0.3, -0.25) is 0 Å². The third-order valence-corrected chi connectivity index (χ3v) is 4.06. The lowest BCUT2D eigenvalue weighted by molar-refractivity contribution is 0.391. The van der Waals surface area contributed by atoms with E-state index in [0.717, 1.165) is 41.9 Å². The Morgan fingerprint density at radius 2 is 1.95 bits per heavy atom. The molecule has 3 heteroatoms. The van der Waals surface area contributed by atoms with Crippen molar-refractivity contribution in [3.05, 3.63) is 63.8 Å². The minimum atomic E-state index is 0.740. The molecule has 1 aliphatic carbocycles. The largest absolute Gasteiger partial charge is 0.481 e. The molecule has 21 heavy (non-hydrogen) atoms. The molecule has 2 nitrogen and oxygen atoms in total. The number of ether oxygens (including phenoxy) is 1. The Balaban J connectivity index is 2.09. The van der Waals surface area contributed by atoms with E-state index in [2.05, 4.69) is 37.3 Å². The molecule has 0 saturated carbocycles. The maximum Gasteiger partial charge on any atom is 0.217 e. The topological polar surface area (TPSA) is 22.1 Å². The fraction of sp³-hybridized carbons (Fsp3) is 0.278. The van der Waals surface area contributed by atoms with Crippen molar-refractivity contribution in [2.45, 2.75) is 26.2 Å². The van der Waals surface area contributed by atoms with Gasteiger partial charge in [0.1, 0.15) is 7.85 Å². The zero-order valence-electron chi connectivity index (χ0n) is 12.5. The average molecular weight is 275 g/mol. The highest BCUT2D eigenvalue weighted by Gasteiger charge is 2.19. The molecule has 3 rings (SSSR count). The van der Waals surface area contributed by atoms with Crippen molar-refractivity contribution >= 4 is 13.9 Å². The van der Waals surface area contributed by atoms with Crippen molar-refractivity contribution in [2.24, 2.45) is 0 Å². The minimum Gasteiger partial charge on any atom is -0.481 e. The molecule has 2 radical (unpaired) electrons. The number of allylic oxidation sites excluding steroid dienone is 1. The van der Waals surface area contributed by atoms with Gasteiger partial charge in [-0.05, 0) is 36.5 Å². The van der Waals surface area contributed by atoms with Gasteiger partial charge in [-0.25, -0.2) is 4.98 Å². The maximum atomic E-state index is 5.99. The summed E-state index contributed by atoms with van der Waals surface area (Å²) >= 11 is 0. The number of nitrogens with zero attached hydrogens (tertiary/aromatic N) is 1. The van der Waals surface area contributed by atoms with Crippen molar-refractivity contribution in [3.63, 3.8) is 0 Å². The second-order valence-corrected chi connectivity index (χ2v) is 5.47. The van der Waals surface area contributed by atoms with Gasteiger partial charge in [0, 0.05) is 12.0 Å². The predicted molar refractivity (Wildman–Crippen MR) is 86.8 cm³/mol. The zero-order chi connectivity index (χ0) is 14.8. The summed E-state index contributed by atoms with van der Waals surface area (Å²) in [7, 11) is 7.68. The van der Waals surface area contributed by atoms with Gasteiger partial charge in [-0.1, -0.05) is 36.4 Å². The fourth-order valence-corrected chi connectivity index (χ4v) is 2.87. The van der Waals surface area contributed by atoms with Crippen molar-refractivity contribution in [1.29, 1.82) is 0 Å². The number of methoxy groups -OCH3 is 1. The van der Waals surface area contributed by atoms with Crippen LogP contribution >= 0.6 is 0 Å². The molecule has 0 bridgehead atoms. The number of hydrogen-bond acceptors (Lipinski definition) is 2. The van der Waals surface area contributed by atoms with E-state index in [9.17, 15) is 0 Å². The highest BCUT2D eigenvalue weighted by atomic mass is 16.5. The monoisotopic (exact) mass is 275 g/mol. The van der Waals surface area contributed by atoms with Crippen LogP contribution in [0.5, 0.6) is 5.88 Å². The van der Waals surface area contributed by atoms with Gasteiger partial charge >= 0.3 is 0 Å². The van der Waals surface area contributed by atoms with Crippen LogP contribution in [-0.4, -0.2) is 19.9 Å². The Kier molecular flexibility index (Phi) is 3.83. The van der Waals surface area contributed by atoms with Gasteiger partial charge in [-0.2, -0.15) is 0 Å². The second-order valence-electron chi connectivity index (χ2n) is 5.47. The number of benzene rings is 1. The van der Waals surface area contributed by atoms with Crippen LogP contribution in [0.15, 0.2) is 35.8 Å². The first-order chi connectivity index (χ1) is 10.2. The summed E-state index contributed by atoms with van der Waals surface area (Å²) in [5.74, 6) is 0.740. The molecule has 0 atom stereocenters. The number of pyridine rings is 1. The van der Waals surface area contributed by atoms with Crippen LogP contribution in [0.3, 0.4) is 0 Å². The highest BCUT2D eigenvalue weighted by Crippen LogP contribution is 2.32. The molecule has 0 unspecified atom stereocenters. The minimum absolute atomic E-state index is 0.740. The Labute approximate surface area is 127 Å². The van der Waals surface area contributed by atoms with Crippen molar-refractivity contribution in [2.75, 3.05) is 7.11 Å². The lowest BCUT2D eigenvalue weighted by Gasteiger charge is -2.20. The average Bonchev–Trinajstić information content (AvgIpc) is 2.51. The Hall–Kier alpha value is -2.03. The molecule has 1 aromatic heterocycles. The first-order valence-electron chi connectivity index (χ1n) is 7.25. The van der Waals surface area contributed by atoms with Crippen LogP contribution in [-0.2, 0) is 12.8 Å². The molecule has 1 aromatic carbocycles. The summed E-state index contributed by atoms with van der Waals surface area (Å²) < 4.78 is 5.53. The number of aromatic nitrogens is 1. The van der Waals surface area contributed by atoms with Gasteiger partial charge in [0.05, 0.1) is 12.8 Å². The van der Waals surface area contributed by atoms with Crippen LogP contribution < -0.4 is 4.74 Å². The number of rotatable bonds is 3. The summed E-state index contributed by atoms with van der Waals surface area (Å²) in [6.07, 6.45) is 4.65. The van der Waals surface area contributed by atoms with Gasteiger partial charge in [0.25, 0.3) is 0 Å². The van der Waals surface area contributed by atoms with E-state index >= 15 is 0 Å². The summed E-state index contributed by atoms with van der Waals surface area (Å²) in [5, 5.41) is 0. The van der Waals surface area contributed by atoms with Crippen molar-refractivity contribution < 1.29 is 4.74 Å². The standard InChI is InChI=1S/C18H18BNO/c1-12-15-11-14(19)8-9-17(15)20-18(21-2)16(12)10-13-6-4-3-5-7-13/h3-7,11H,8-10H2,1-2H3. The molecule has 1 heterocycles. The summed E-state index contributed by atoms with van der Waals surface area (Å²) in [5.41, 5.74) is 6.83. The van der Waals surface area contributed by atoms with Crippen LogP contribution in [0, 0.1) is 6.92 Å². The molecule has 2 aromatic rings. The fourth-order valence-electron chi connectivity index (χ4n) is 2.87.